The lowest BCUT2D eigenvalue weighted by atomic mass is 10.2. The fraction of sp³-hybridized carbons (Fsp3) is 0.263. The van der Waals surface area contributed by atoms with E-state index in [2.05, 4.69) is 36.8 Å². The normalized spacial score (nSPS) is 12.5. The third-order valence-corrected chi connectivity index (χ3v) is 5.40. The molecule has 0 saturated heterocycles. The Labute approximate surface area is 183 Å². The van der Waals surface area contributed by atoms with Crippen LogP contribution in [0.15, 0.2) is 41.0 Å². The number of benzene rings is 1. The summed E-state index contributed by atoms with van der Waals surface area (Å²) in [5.41, 5.74) is 0.254. The van der Waals surface area contributed by atoms with Gasteiger partial charge in [0.15, 0.2) is 11.4 Å². The molecule has 1 atom stereocenters. The number of rotatable bonds is 5. The molecule has 12 heteroatoms. The first-order chi connectivity index (χ1) is 14.5. The van der Waals surface area contributed by atoms with Gasteiger partial charge >= 0.3 is 6.18 Å². The molecule has 0 bridgehead atoms. The molecule has 0 radical (unpaired) electrons. The number of aromatic nitrogens is 4. The van der Waals surface area contributed by atoms with Crippen molar-refractivity contribution in [2.45, 2.75) is 26.1 Å². The van der Waals surface area contributed by atoms with Crippen LogP contribution in [0.3, 0.4) is 0 Å². The number of nitrogens with zero attached hydrogens (tertiary/aromatic N) is 4. The van der Waals surface area contributed by atoms with Gasteiger partial charge in [-0.15, -0.1) is 0 Å². The van der Waals surface area contributed by atoms with Crippen molar-refractivity contribution in [1.82, 2.24) is 19.6 Å². The van der Waals surface area contributed by atoms with Crippen molar-refractivity contribution in [3.63, 3.8) is 0 Å². The highest BCUT2D eigenvalue weighted by atomic mass is 79.9. The summed E-state index contributed by atoms with van der Waals surface area (Å²) in [7, 11) is 1.70. The van der Waals surface area contributed by atoms with Gasteiger partial charge in [-0.25, -0.2) is 0 Å². The maximum Gasteiger partial charge on any atom is 0.436 e. The Hall–Kier alpha value is -3.15. The number of hydrogen-bond donors (Lipinski definition) is 2. The molecule has 0 aliphatic rings. The summed E-state index contributed by atoms with van der Waals surface area (Å²) in [6, 6.07) is 6.87. The fourth-order valence-corrected chi connectivity index (χ4v) is 3.27. The minimum atomic E-state index is -4.64. The standard InChI is InChI=1S/C19H18BrF3N6O2/c1-10-15(20)16(19(21,22)23)27-29(10)11(2)17(30)24-12-4-6-13(7-5-12)25-18(31)14-8-9-28(3)26-14/h4-9,11H,1-3H3,(H,24,30)(H,25,31). The lowest BCUT2D eigenvalue weighted by Crippen LogP contribution is -2.25. The van der Waals surface area contributed by atoms with Gasteiger partial charge in [-0.05, 0) is 60.1 Å². The summed E-state index contributed by atoms with van der Waals surface area (Å²) in [4.78, 5) is 24.7. The molecule has 2 aromatic heterocycles. The molecular weight excluding hydrogens is 481 g/mol. The van der Waals surface area contributed by atoms with Crippen molar-refractivity contribution in [1.29, 1.82) is 0 Å². The fourth-order valence-electron chi connectivity index (χ4n) is 2.78. The van der Waals surface area contributed by atoms with Crippen LogP contribution < -0.4 is 10.6 Å². The number of anilines is 2. The van der Waals surface area contributed by atoms with Gasteiger partial charge in [0.1, 0.15) is 6.04 Å². The van der Waals surface area contributed by atoms with E-state index < -0.39 is 23.8 Å². The van der Waals surface area contributed by atoms with Crippen molar-refractivity contribution >= 4 is 39.1 Å². The van der Waals surface area contributed by atoms with Gasteiger partial charge in [-0.3, -0.25) is 19.0 Å². The predicted molar refractivity (Wildman–Crippen MR) is 111 cm³/mol. The monoisotopic (exact) mass is 498 g/mol. The second kappa shape index (κ2) is 8.53. The average molecular weight is 499 g/mol. The zero-order chi connectivity index (χ0) is 22.9. The van der Waals surface area contributed by atoms with E-state index in [1.165, 1.54) is 18.5 Å². The topological polar surface area (TPSA) is 93.8 Å². The third kappa shape index (κ3) is 4.95. The molecule has 0 spiro atoms. The summed E-state index contributed by atoms with van der Waals surface area (Å²) in [6.07, 6.45) is -2.99. The molecule has 2 amide bonds. The summed E-state index contributed by atoms with van der Waals surface area (Å²) >= 11 is 2.89. The van der Waals surface area contributed by atoms with Gasteiger partial charge < -0.3 is 10.6 Å². The highest BCUT2D eigenvalue weighted by Crippen LogP contribution is 2.36. The van der Waals surface area contributed by atoms with Crippen molar-refractivity contribution in [3.8, 4) is 0 Å². The molecular formula is C19H18BrF3N6O2. The first kappa shape index (κ1) is 22.5. The zero-order valence-electron chi connectivity index (χ0n) is 16.7. The molecule has 0 aliphatic heterocycles. The molecule has 3 rings (SSSR count). The summed E-state index contributed by atoms with van der Waals surface area (Å²) < 4.78 is 41.5. The Bertz CT molecular complexity index is 1120. The van der Waals surface area contributed by atoms with Crippen LogP contribution in [0.25, 0.3) is 0 Å². The number of alkyl halides is 3. The minimum absolute atomic E-state index is 0.183. The predicted octanol–water partition coefficient (Wildman–Crippen LogP) is 4.16. The summed E-state index contributed by atoms with van der Waals surface area (Å²) in [5.74, 6) is -0.927. The largest absolute Gasteiger partial charge is 0.436 e. The average Bonchev–Trinajstić information content (AvgIpc) is 3.26. The first-order valence-electron chi connectivity index (χ1n) is 9.01. The van der Waals surface area contributed by atoms with Crippen molar-refractivity contribution in [2.24, 2.45) is 7.05 Å². The number of carbonyl (C=O) groups is 2. The molecule has 0 aliphatic carbocycles. The number of amides is 2. The van der Waals surface area contributed by atoms with Crippen LogP contribution in [-0.4, -0.2) is 31.4 Å². The molecule has 0 saturated carbocycles. The van der Waals surface area contributed by atoms with Crippen LogP contribution in [0.1, 0.15) is 34.8 Å². The second-order valence-electron chi connectivity index (χ2n) is 6.76. The van der Waals surface area contributed by atoms with Crippen molar-refractivity contribution in [2.75, 3.05) is 10.6 Å². The Morgan fingerprint density at radius 3 is 2.13 bits per heavy atom. The second-order valence-corrected chi connectivity index (χ2v) is 7.55. The first-order valence-corrected chi connectivity index (χ1v) is 9.80. The van der Waals surface area contributed by atoms with E-state index in [9.17, 15) is 22.8 Å². The van der Waals surface area contributed by atoms with Crippen LogP contribution in [0.2, 0.25) is 0 Å². The molecule has 8 nitrogen and oxygen atoms in total. The van der Waals surface area contributed by atoms with Crippen LogP contribution in [0.4, 0.5) is 24.5 Å². The summed E-state index contributed by atoms with van der Waals surface area (Å²) in [5, 5.41) is 12.9. The number of aryl methyl sites for hydroxylation is 1. The van der Waals surface area contributed by atoms with Crippen LogP contribution in [0.5, 0.6) is 0 Å². The number of carbonyl (C=O) groups excluding carboxylic acids is 2. The summed E-state index contributed by atoms with van der Waals surface area (Å²) in [6.45, 7) is 2.89. The number of hydrogen-bond acceptors (Lipinski definition) is 4. The smallest absolute Gasteiger partial charge is 0.324 e. The number of halogens is 4. The molecule has 3 aromatic rings. The van der Waals surface area contributed by atoms with E-state index in [0.717, 1.165) is 4.68 Å². The molecule has 2 heterocycles. The maximum atomic E-state index is 13.0. The van der Waals surface area contributed by atoms with Gasteiger partial charge in [0, 0.05) is 24.6 Å². The third-order valence-electron chi connectivity index (χ3n) is 4.45. The van der Waals surface area contributed by atoms with E-state index in [1.54, 1.807) is 43.6 Å². The van der Waals surface area contributed by atoms with Crippen molar-refractivity contribution < 1.29 is 22.8 Å². The molecule has 31 heavy (non-hydrogen) atoms. The highest BCUT2D eigenvalue weighted by molar-refractivity contribution is 9.10. The highest BCUT2D eigenvalue weighted by Gasteiger charge is 2.39. The lowest BCUT2D eigenvalue weighted by Gasteiger charge is -2.15. The minimum Gasteiger partial charge on any atom is -0.324 e. The molecule has 1 aromatic carbocycles. The van der Waals surface area contributed by atoms with E-state index in [-0.39, 0.29) is 21.8 Å². The Morgan fingerprint density at radius 1 is 1.06 bits per heavy atom. The van der Waals surface area contributed by atoms with Crippen molar-refractivity contribution in [3.05, 3.63) is 58.1 Å². The van der Waals surface area contributed by atoms with Gasteiger partial charge in [0.05, 0.1) is 10.2 Å². The number of nitrogens with one attached hydrogen (secondary N) is 2. The zero-order valence-corrected chi connectivity index (χ0v) is 18.2. The molecule has 0 fully saturated rings. The van der Waals surface area contributed by atoms with E-state index in [4.69, 9.17) is 0 Å². The van der Waals surface area contributed by atoms with Crippen LogP contribution >= 0.6 is 15.9 Å². The molecule has 1 unspecified atom stereocenters. The SMILES string of the molecule is Cc1c(Br)c(C(F)(F)F)nn1C(C)C(=O)Nc1ccc(NC(=O)c2ccn(C)n2)cc1. The Morgan fingerprint density at radius 2 is 1.65 bits per heavy atom. The molecule has 2 N–H and O–H groups in total. The Kier molecular flexibility index (Phi) is 6.20. The van der Waals surface area contributed by atoms with Gasteiger partial charge in [0.2, 0.25) is 5.91 Å². The van der Waals surface area contributed by atoms with Crippen LogP contribution in [0, 0.1) is 6.92 Å². The van der Waals surface area contributed by atoms with Gasteiger partial charge in [0.25, 0.3) is 5.91 Å². The quantitative estimate of drug-likeness (QED) is 0.552. The van der Waals surface area contributed by atoms with Gasteiger partial charge in [-0.2, -0.15) is 23.4 Å². The maximum absolute atomic E-state index is 13.0. The Balaban J connectivity index is 1.67. The van der Waals surface area contributed by atoms with E-state index in [1.807, 2.05) is 0 Å². The van der Waals surface area contributed by atoms with Gasteiger partial charge in [-0.1, -0.05) is 0 Å². The molecule has 164 valence electrons. The van der Waals surface area contributed by atoms with Crippen LogP contribution in [-0.2, 0) is 18.0 Å². The van der Waals surface area contributed by atoms with E-state index >= 15 is 0 Å². The van der Waals surface area contributed by atoms with E-state index in [0.29, 0.717) is 11.4 Å². The lowest BCUT2D eigenvalue weighted by molar-refractivity contribution is -0.142.